The van der Waals surface area contributed by atoms with Gasteiger partial charge >= 0.3 is 187 Å². The van der Waals surface area contributed by atoms with Crippen molar-refractivity contribution >= 4 is 59.9 Å². The fourth-order valence-electron chi connectivity index (χ4n) is 4.77. The van der Waals surface area contributed by atoms with Gasteiger partial charge in [0.1, 0.15) is 0 Å². The second kappa shape index (κ2) is 8.60. The molecule has 6 aromatic rings. The van der Waals surface area contributed by atoms with Crippen molar-refractivity contribution in [3.05, 3.63) is 127 Å². The molecular weight excluding hydrogens is 452 g/mol. The number of halogens is 1. The third-order valence-corrected chi connectivity index (χ3v) is 12.3. The predicted molar refractivity (Wildman–Crippen MR) is 136 cm³/mol. The molecule has 0 N–H and O–H groups in total. The molecule has 0 saturated heterocycles. The second-order valence-corrected chi connectivity index (χ2v) is 12.9. The van der Waals surface area contributed by atoms with E-state index in [1.807, 2.05) is 0 Å². The monoisotopic (exact) mass is 474 g/mol. The minimum absolute atomic E-state index is 0. The van der Waals surface area contributed by atoms with E-state index >= 15 is 0 Å². The van der Waals surface area contributed by atoms with E-state index in [0.717, 1.165) is 0 Å². The molecule has 2 heteroatoms. The zero-order chi connectivity index (χ0) is 20.6. The second-order valence-electron chi connectivity index (χ2n) is 7.96. The van der Waals surface area contributed by atoms with Gasteiger partial charge in [0, 0.05) is 0 Å². The van der Waals surface area contributed by atoms with E-state index in [2.05, 4.69) is 127 Å². The fourth-order valence-corrected chi connectivity index (χ4v) is 11.4. The number of benzene rings is 6. The Kier molecular flexibility index (Phi) is 5.50. The Bertz CT molecular complexity index is 1350. The number of rotatable bonds is 3. The Hall–Kier alpha value is -3.43. The van der Waals surface area contributed by atoms with Gasteiger partial charge in [0.2, 0.25) is 0 Å². The molecule has 0 aromatic heterocycles. The van der Waals surface area contributed by atoms with Gasteiger partial charge < -0.3 is 4.70 Å². The normalized spacial score (nSPS) is 10.9. The topological polar surface area (TPSA) is 0 Å². The van der Waals surface area contributed by atoms with E-state index in [0.29, 0.717) is 0 Å². The van der Waals surface area contributed by atoms with Crippen LogP contribution >= 0.6 is 0 Å². The van der Waals surface area contributed by atoms with Crippen molar-refractivity contribution < 1.29 is 4.70 Å². The van der Waals surface area contributed by atoms with Crippen molar-refractivity contribution in [3.63, 3.8) is 0 Å². The van der Waals surface area contributed by atoms with Crippen LogP contribution in [0.2, 0.25) is 0 Å². The summed E-state index contributed by atoms with van der Waals surface area (Å²) in [7, 11) is 0. The van der Waals surface area contributed by atoms with E-state index in [1.165, 1.54) is 45.5 Å². The Labute approximate surface area is 191 Å². The van der Waals surface area contributed by atoms with E-state index in [-0.39, 0.29) is 4.70 Å². The first-order valence-corrected chi connectivity index (χ1v) is 13.9. The first kappa shape index (κ1) is 20.5. The standard InChI is InChI=1S/C30H21Ge.FH/c1-4-16-25-22(10-1)13-7-19-28(25)31(29-20-8-14-23-11-2-5-17-26(23)29)30-21-9-15-24-12-3-6-18-27(24)30;/h1-21H;1H/q+1;/p-1. The van der Waals surface area contributed by atoms with Crippen LogP contribution in [0.5, 0.6) is 0 Å². The maximum absolute atomic E-state index is 2.38. The van der Waals surface area contributed by atoms with Crippen LogP contribution in [-0.2, 0) is 0 Å². The van der Waals surface area contributed by atoms with Crippen molar-refractivity contribution in [2.75, 3.05) is 0 Å². The summed E-state index contributed by atoms with van der Waals surface area (Å²) in [5.41, 5.74) is 0. The molecule has 0 spiro atoms. The van der Waals surface area contributed by atoms with Gasteiger partial charge in [-0.15, -0.1) is 0 Å². The van der Waals surface area contributed by atoms with Crippen molar-refractivity contribution in [1.82, 2.24) is 0 Å². The van der Waals surface area contributed by atoms with Gasteiger partial charge in [-0.1, -0.05) is 0 Å². The van der Waals surface area contributed by atoms with Crippen LogP contribution in [0.15, 0.2) is 127 Å². The van der Waals surface area contributed by atoms with Gasteiger partial charge in [-0.2, -0.15) is 0 Å². The molecule has 152 valence electrons. The van der Waals surface area contributed by atoms with E-state index in [4.69, 9.17) is 0 Å². The van der Waals surface area contributed by atoms with Crippen LogP contribution in [-0.4, -0.2) is 14.3 Å². The van der Waals surface area contributed by atoms with Crippen LogP contribution in [0.3, 0.4) is 0 Å². The Morgan fingerprint density at radius 3 is 0.938 bits per heavy atom. The van der Waals surface area contributed by atoms with Gasteiger partial charge in [0.05, 0.1) is 0 Å². The minimum atomic E-state index is -2.14. The third kappa shape index (κ3) is 3.39. The Morgan fingerprint density at radius 2 is 0.594 bits per heavy atom. The molecule has 0 radical (unpaired) electrons. The molecule has 0 heterocycles. The molecule has 0 unspecified atom stereocenters. The zero-order valence-corrected chi connectivity index (χ0v) is 19.6. The third-order valence-electron chi connectivity index (χ3n) is 6.18. The summed E-state index contributed by atoms with van der Waals surface area (Å²) >= 11 is -2.14. The predicted octanol–water partition coefficient (Wildman–Crippen LogP) is 2.67. The van der Waals surface area contributed by atoms with Crippen molar-refractivity contribution in [2.24, 2.45) is 0 Å². The number of hydrogen-bond acceptors (Lipinski definition) is 0. The summed E-state index contributed by atoms with van der Waals surface area (Å²) in [6, 6.07) is 47.1. The van der Waals surface area contributed by atoms with Crippen LogP contribution < -0.4 is 17.9 Å². The molecule has 0 aliphatic rings. The first-order valence-electron chi connectivity index (χ1n) is 10.7. The molecular formula is C30H21FGe. The molecule has 0 nitrogen and oxygen atoms in total. The quantitative estimate of drug-likeness (QED) is 0.347. The molecule has 0 fully saturated rings. The molecule has 0 atom stereocenters. The molecule has 0 saturated carbocycles. The van der Waals surface area contributed by atoms with Crippen molar-refractivity contribution in [2.45, 2.75) is 0 Å². The average molecular weight is 473 g/mol. The summed E-state index contributed by atoms with van der Waals surface area (Å²) in [5.74, 6) is 0. The van der Waals surface area contributed by atoms with E-state index in [9.17, 15) is 0 Å². The van der Waals surface area contributed by atoms with Gasteiger partial charge in [-0.25, -0.2) is 0 Å². The van der Waals surface area contributed by atoms with Gasteiger partial charge in [-0.05, 0) is 0 Å². The van der Waals surface area contributed by atoms with Crippen LogP contribution in [0, 0.1) is 0 Å². The average Bonchev–Trinajstić information content (AvgIpc) is 2.85. The molecule has 0 aliphatic carbocycles. The Morgan fingerprint density at radius 1 is 0.312 bits per heavy atom. The van der Waals surface area contributed by atoms with Crippen LogP contribution in [0.1, 0.15) is 0 Å². The summed E-state index contributed by atoms with van der Waals surface area (Å²) < 4.78 is 4.56. The Balaban J connectivity index is 0.00000216. The van der Waals surface area contributed by atoms with E-state index in [1.54, 1.807) is 0 Å². The van der Waals surface area contributed by atoms with Gasteiger partial charge in [-0.3, -0.25) is 0 Å². The van der Waals surface area contributed by atoms with Gasteiger partial charge in [0.15, 0.2) is 0 Å². The zero-order valence-electron chi connectivity index (χ0n) is 17.5. The molecule has 0 amide bonds. The SMILES string of the molecule is [F-].c1ccc2[c]([Ge+]([c]3cccc4ccccc34)[c]3cccc4ccccc34)cccc2c1. The maximum atomic E-state index is 2.38. The summed E-state index contributed by atoms with van der Waals surface area (Å²) in [5, 5.41) is 8.14. The molecule has 6 rings (SSSR count). The number of fused-ring (bicyclic) bond motifs is 3. The number of hydrogen-bond donors (Lipinski definition) is 0. The fraction of sp³-hybridized carbons (Fsp3) is 0. The summed E-state index contributed by atoms with van der Waals surface area (Å²) in [6.07, 6.45) is 0. The van der Waals surface area contributed by atoms with E-state index < -0.39 is 14.3 Å². The molecule has 6 aromatic carbocycles. The molecule has 0 bridgehead atoms. The molecule has 0 aliphatic heterocycles. The summed E-state index contributed by atoms with van der Waals surface area (Å²) in [6.45, 7) is 0. The summed E-state index contributed by atoms with van der Waals surface area (Å²) in [4.78, 5) is 0. The van der Waals surface area contributed by atoms with Crippen molar-refractivity contribution in [3.8, 4) is 0 Å². The van der Waals surface area contributed by atoms with Crippen LogP contribution in [0.25, 0.3) is 32.3 Å². The van der Waals surface area contributed by atoms with Crippen molar-refractivity contribution in [1.29, 1.82) is 0 Å². The van der Waals surface area contributed by atoms with Crippen LogP contribution in [0.4, 0.5) is 0 Å². The first-order chi connectivity index (χ1) is 15.4. The molecule has 32 heavy (non-hydrogen) atoms. The van der Waals surface area contributed by atoms with Gasteiger partial charge in [0.25, 0.3) is 0 Å².